The number of benzene rings is 2. The van der Waals surface area contributed by atoms with E-state index < -0.39 is 11.1 Å². The molecule has 26 heavy (non-hydrogen) atoms. The van der Waals surface area contributed by atoms with Crippen molar-refractivity contribution >= 4 is 35.0 Å². The average Bonchev–Trinajstić information content (AvgIpc) is 2.96. The molecule has 1 aromatic heterocycles. The second-order valence-electron chi connectivity index (χ2n) is 5.60. The Morgan fingerprint density at radius 3 is 2.73 bits per heavy atom. The van der Waals surface area contributed by atoms with E-state index >= 15 is 0 Å². The number of hydrogen-bond donors (Lipinski definition) is 1. The molecule has 0 aliphatic heterocycles. The first-order chi connectivity index (χ1) is 12.5. The third-order valence-electron chi connectivity index (χ3n) is 3.69. The first-order valence-electron chi connectivity index (χ1n) is 7.83. The summed E-state index contributed by atoms with van der Waals surface area (Å²) in [5.41, 5.74) is 1.19. The maximum atomic E-state index is 13.2. The van der Waals surface area contributed by atoms with Crippen LogP contribution in [0, 0.1) is 5.82 Å². The van der Waals surface area contributed by atoms with Crippen molar-refractivity contribution in [2.24, 2.45) is 7.05 Å². The van der Waals surface area contributed by atoms with Crippen LogP contribution in [0.15, 0.2) is 53.7 Å². The van der Waals surface area contributed by atoms with Gasteiger partial charge in [0.2, 0.25) is 5.91 Å². The minimum Gasteiger partial charge on any atom is -0.325 e. The molecule has 1 heterocycles. The molecule has 3 aromatic rings. The second kappa shape index (κ2) is 7.88. The van der Waals surface area contributed by atoms with E-state index in [0.29, 0.717) is 21.7 Å². The van der Waals surface area contributed by atoms with Crippen LogP contribution < -0.4 is 5.32 Å². The van der Waals surface area contributed by atoms with Crippen LogP contribution in [0.25, 0.3) is 11.4 Å². The summed E-state index contributed by atoms with van der Waals surface area (Å²) in [6.45, 7) is 1.75. The van der Waals surface area contributed by atoms with Crippen molar-refractivity contribution < 1.29 is 9.18 Å². The fourth-order valence-electron chi connectivity index (χ4n) is 2.32. The molecule has 0 bridgehead atoms. The molecule has 5 nitrogen and oxygen atoms in total. The topological polar surface area (TPSA) is 59.8 Å². The van der Waals surface area contributed by atoms with Crippen molar-refractivity contribution in [3.8, 4) is 11.4 Å². The predicted molar refractivity (Wildman–Crippen MR) is 102 cm³/mol. The number of nitrogens with zero attached hydrogens (tertiary/aromatic N) is 3. The summed E-state index contributed by atoms with van der Waals surface area (Å²) in [5.74, 6) is -0.0282. The van der Waals surface area contributed by atoms with Crippen LogP contribution >= 0.6 is 23.4 Å². The van der Waals surface area contributed by atoms with Crippen LogP contribution in [0.2, 0.25) is 5.02 Å². The predicted octanol–water partition coefficient (Wildman–Crippen LogP) is 4.39. The Morgan fingerprint density at radius 2 is 2.00 bits per heavy atom. The highest BCUT2D eigenvalue weighted by atomic mass is 35.5. The number of aromatic nitrogens is 3. The molecular formula is C18H16ClFN4OS. The standard InChI is InChI=1S/C18H16ClFN4OS/c1-11(17(25)21-13-7-5-6-12(20)10-13)26-18-23-22-16(24(18)2)14-8-3-4-9-15(14)19/h3-11H,1-2H3,(H,21,25). The number of hydrogen-bond acceptors (Lipinski definition) is 4. The number of amides is 1. The molecular weight excluding hydrogens is 375 g/mol. The molecule has 0 saturated heterocycles. The molecule has 0 saturated carbocycles. The number of anilines is 1. The maximum Gasteiger partial charge on any atom is 0.237 e. The molecule has 134 valence electrons. The van der Waals surface area contributed by atoms with Gasteiger partial charge in [0.15, 0.2) is 11.0 Å². The smallest absolute Gasteiger partial charge is 0.237 e. The van der Waals surface area contributed by atoms with Crippen molar-refractivity contribution in [1.82, 2.24) is 14.8 Å². The van der Waals surface area contributed by atoms with E-state index in [1.54, 1.807) is 29.7 Å². The zero-order chi connectivity index (χ0) is 18.7. The van der Waals surface area contributed by atoms with Crippen molar-refractivity contribution in [1.29, 1.82) is 0 Å². The van der Waals surface area contributed by atoms with Crippen LogP contribution in [0.3, 0.4) is 0 Å². The summed E-state index contributed by atoms with van der Waals surface area (Å²) in [4.78, 5) is 12.3. The summed E-state index contributed by atoms with van der Waals surface area (Å²) in [6, 6.07) is 13.1. The molecule has 1 unspecified atom stereocenters. The lowest BCUT2D eigenvalue weighted by molar-refractivity contribution is -0.115. The molecule has 3 rings (SSSR count). The molecule has 0 aliphatic rings. The fourth-order valence-corrected chi connectivity index (χ4v) is 3.35. The Hall–Kier alpha value is -2.38. The molecule has 0 fully saturated rings. The maximum absolute atomic E-state index is 13.2. The second-order valence-corrected chi connectivity index (χ2v) is 7.32. The van der Waals surface area contributed by atoms with Gasteiger partial charge in [-0.15, -0.1) is 10.2 Å². The third kappa shape index (κ3) is 4.05. The zero-order valence-corrected chi connectivity index (χ0v) is 15.7. The van der Waals surface area contributed by atoms with E-state index in [1.807, 2.05) is 25.2 Å². The van der Waals surface area contributed by atoms with Gasteiger partial charge in [0, 0.05) is 18.3 Å². The first kappa shape index (κ1) is 18.4. The molecule has 1 atom stereocenters. The van der Waals surface area contributed by atoms with Gasteiger partial charge in [-0.2, -0.15) is 0 Å². The normalized spacial score (nSPS) is 12.0. The number of thioether (sulfide) groups is 1. The van der Waals surface area contributed by atoms with Crippen molar-refractivity contribution in [2.75, 3.05) is 5.32 Å². The van der Waals surface area contributed by atoms with Gasteiger partial charge in [-0.3, -0.25) is 4.79 Å². The lowest BCUT2D eigenvalue weighted by atomic mass is 10.2. The van der Waals surface area contributed by atoms with Crippen LogP contribution in [0.4, 0.5) is 10.1 Å². The van der Waals surface area contributed by atoms with Crippen molar-refractivity contribution in [2.45, 2.75) is 17.3 Å². The van der Waals surface area contributed by atoms with Crippen LogP contribution in [0.1, 0.15) is 6.92 Å². The van der Waals surface area contributed by atoms with E-state index in [1.165, 1.54) is 23.9 Å². The van der Waals surface area contributed by atoms with Gasteiger partial charge >= 0.3 is 0 Å². The van der Waals surface area contributed by atoms with Gasteiger partial charge in [0.25, 0.3) is 0 Å². The van der Waals surface area contributed by atoms with Gasteiger partial charge < -0.3 is 9.88 Å². The van der Waals surface area contributed by atoms with Gasteiger partial charge in [0.1, 0.15) is 5.82 Å². The van der Waals surface area contributed by atoms with Crippen molar-refractivity contribution in [3.63, 3.8) is 0 Å². The Morgan fingerprint density at radius 1 is 1.23 bits per heavy atom. The number of carbonyl (C=O) groups excluding carboxylic acids is 1. The van der Waals surface area contributed by atoms with Crippen LogP contribution in [-0.2, 0) is 11.8 Å². The quantitative estimate of drug-likeness (QED) is 0.656. The highest BCUT2D eigenvalue weighted by molar-refractivity contribution is 8.00. The minimum absolute atomic E-state index is 0.247. The zero-order valence-electron chi connectivity index (χ0n) is 14.1. The molecule has 8 heteroatoms. The fraction of sp³-hybridized carbons (Fsp3) is 0.167. The summed E-state index contributed by atoms with van der Waals surface area (Å²) in [6.07, 6.45) is 0. The highest BCUT2D eigenvalue weighted by Gasteiger charge is 2.20. The van der Waals surface area contributed by atoms with E-state index in [-0.39, 0.29) is 5.91 Å². The number of halogens is 2. The van der Waals surface area contributed by atoms with Crippen LogP contribution in [-0.4, -0.2) is 25.9 Å². The Labute approximate surface area is 159 Å². The van der Waals surface area contributed by atoms with E-state index in [9.17, 15) is 9.18 Å². The Bertz CT molecular complexity index is 946. The molecule has 1 amide bonds. The first-order valence-corrected chi connectivity index (χ1v) is 9.09. The molecule has 1 N–H and O–H groups in total. The van der Waals surface area contributed by atoms with Gasteiger partial charge in [-0.25, -0.2) is 4.39 Å². The van der Waals surface area contributed by atoms with E-state index in [0.717, 1.165) is 5.56 Å². The SMILES string of the molecule is CC(Sc1nnc(-c2ccccc2Cl)n1C)C(=O)Nc1cccc(F)c1. The number of carbonyl (C=O) groups is 1. The summed E-state index contributed by atoms with van der Waals surface area (Å²) >= 11 is 7.48. The molecule has 0 aliphatic carbocycles. The molecule has 0 radical (unpaired) electrons. The van der Waals surface area contributed by atoms with Gasteiger partial charge in [-0.1, -0.05) is 41.6 Å². The summed E-state index contributed by atoms with van der Waals surface area (Å²) < 4.78 is 15.0. The molecule has 0 spiro atoms. The lowest BCUT2D eigenvalue weighted by Gasteiger charge is -2.12. The van der Waals surface area contributed by atoms with Crippen molar-refractivity contribution in [3.05, 3.63) is 59.4 Å². The third-order valence-corrected chi connectivity index (χ3v) is 5.16. The number of rotatable bonds is 5. The van der Waals surface area contributed by atoms with E-state index in [4.69, 9.17) is 11.6 Å². The number of nitrogens with one attached hydrogen (secondary N) is 1. The lowest BCUT2D eigenvalue weighted by Crippen LogP contribution is -2.22. The summed E-state index contributed by atoms with van der Waals surface area (Å²) in [5, 5.41) is 11.7. The summed E-state index contributed by atoms with van der Waals surface area (Å²) in [7, 11) is 1.82. The monoisotopic (exact) mass is 390 g/mol. The average molecular weight is 391 g/mol. The minimum atomic E-state index is -0.444. The Kier molecular flexibility index (Phi) is 5.58. The van der Waals surface area contributed by atoms with Gasteiger partial charge in [0.05, 0.1) is 10.3 Å². The van der Waals surface area contributed by atoms with E-state index in [2.05, 4.69) is 15.5 Å². The largest absolute Gasteiger partial charge is 0.325 e. The van der Waals surface area contributed by atoms with Gasteiger partial charge in [-0.05, 0) is 37.3 Å². The van der Waals surface area contributed by atoms with Crippen LogP contribution in [0.5, 0.6) is 0 Å². The molecule has 2 aromatic carbocycles. The Balaban J connectivity index is 1.73. The highest BCUT2D eigenvalue weighted by Crippen LogP contribution is 2.29.